The van der Waals surface area contributed by atoms with Gasteiger partial charge in [0.25, 0.3) is 5.91 Å². The maximum Gasteiger partial charge on any atom is 0.255 e. The molecule has 0 saturated carbocycles. The highest BCUT2D eigenvalue weighted by atomic mass is 16.6. The van der Waals surface area contributed by atoms with E-state index in [9.17, 15) is 14.4 Å². The maximum atomic E-state index is 13.4. The van der Waals surface area contributed by atoms with Crippen LogP contribution in [0.5, 0.6) is 0 Å². The van der Waals surface area contributed by atoms with E-state index in [1.807, 2.05) is 44.2 Å². The van der Waals surface area contributed by atoms with Crippen LogP contribution >= 0.6 is 0 Å². The summed E-state index contributed by atoms with van der Waals surface area (Å²) >= 11 is 0. The van der Waals surface area contributed by atoms with Crippen LogP contribution in [0.25, 0.3) is 11.1 Å². The van der Waals surface area contributed by atoms with E-state index in [1.165, 1.54) is 12.0 Å². The summed E-state index contributed by atoms with van der Waals surface area (Å²) in [6, 6.07) is 13.3. The summed E-state index contributed by atoms with van der Waals surface area (Å²) < 4.78 is 0. The molecular formula is C24H28N4O4. The topological polar surface area (TPSA) is 128 Å². The fraction of sp³-hybridized carbons (Fsp3) is 0.333. The standard InChI is InChI=1S/C24H28N4O4/c1-15-5-4-6-16(2)21(15)17-7-9-18(10-8-17)22(30)28-14-19(27-32-3)13-24(28,23(26)31)12-11-20(25)29/h4-10H,11-14H2,1-3H3,(H2,25,29)(H2,26,31). The van der Waals surface area contributed by atoms with Gasteiger partial charge in [-0.15, -0.1) is 0 Å². The van der Waals surface area contributed by atoms with Crippen molar-refractivity contribution in [3.8, 4) is 11.1 Å². The van der Waals surface area contributed by atoms with Crippen LogP contribution in [-0.2, 0) is 14.4 Å². The van der Waals surface area contributed by atoms with Crippen molar-refractivity contribution >= 4 is 23.4 Å². The molecule has 168 valence electrons. The van der Waals surface area contributed by atoms with Gasteiger partial charge in [0.15, 0.2) is 0 Å². The largest absolute Gasteiger partial charge is 0.399 e. The molecule has 1 saturated heterocycles. The average molecular weight is 437 g/mol. The Morgan fingerprint density at radius 1 is 1.06 bits per heavy atom. The highest BCUT2D eigenvalue weighted by molar-refractivity contribution is 6.07. The first-order valence-corrected chi connectivity index (χ1v) is 10.4. The van der Waals surface area contributed by atoms with Crippen molar-refractivity contribution in [3.05, 3.63) is 59.2 Å². The van der Waals surface area contributed by atoms with E-state index < -0.39 is 17.4 Å². The summed E-state index contributed by atoms with van der Waals surface area (Å²) in [6.07, 6.45) is 0.0286. The predicted molar refractivity (Wildman–Crippen MR) is 122 cm³/mol. The summed E-state index contributed by atoms with van der Waals surface area (Å²) in [4.78, 5) is 43.6. The molecule has 1 aliphatic heterocycles. The summed E-state index contributed by atoms with van der Waals surface area (Å²) in [5.74, 6) is -1.66. The van der Waals surface area contributed by atoms with Gasteiger partial charge in [0.05, 0.1) is 12.3 Å². The van der Waals surface area contributed by atoms with Gasteiger partial charge in [0.1, 0.15) is 12.6 Å². The van der Waals surface area contributed by atoms with Crippen LogP contribution in [0.1, 0.15) is 40.7 Å². The second-order valence-corrected chi connectivity index (χ2v) is 8.11. The number of amides is 3. The van der Waals surface area contributed by atoms with E-state index in [0.29, 0.717) is 11.3 Å². The Bertz CT molecular complexity index is 1060. The molecule has 1 aliphatic rings. The number of hydrogen-bond donors (Lipinski definition) is 2. The third kappa shape index (κ3) is 4.34. The van der Waals surface area contributed by atoms with Crippen LogP contribution in [0.3, 0.4) is 0 Å². The summed E-state index contributed by atoms with van der Waals surface area (Å²) in [7, 11) is 1.39. The number of hydrogen-bond acceptors (Lipinski definition) is 5. The Labute approximate surface area is 187 Å². The molecule has 2 aromatic rings. The quantitative estimate of drug-likeness (QED) is 0.645. The Morgan fingerprint density at radius 3 is 2.22 bits per heavy atom. The Morgan fingerprint density at radius 2 is 1.69 bits per heavy atom. The van der Waals surface area contributed by atoms with E-state index in [-0.39, 0.29) is 31.7 Å². The summed E-state index contributed by atoms with van der Waals surface area (Å²) in [6.45, 7) is 4.16. The van der Waals surface area contributed by atoms with Crippen molar-refractivity contribution in [2.75, 3.05) is 13.7 Å². The zero-order chi connectivity index (χ0) is 23.5. The van der Waals surface area contributed by atoms with Gasteiger partial charge in [-0.25, -0.2) is 0 Å². The van der Waals surface area contributed by atoms with Crippen molar-refractivity contribution in [2.45, 2.75) is 38.6 Å². The third-order valence-corrected chi connectivity index (χ3v) is 5.96. The van der Waals surface area contributed by atoms with E-state index in [0.717, 1.165) is 22.3 Å². The first-order chi connectivity index (χ1) is 15.2. The van der Waals surface area contributed by atoms with Crippen LogP contribution in [0, 0.1) is 13.8 Å². The van der Waals surface area contributed by atoms with Gasteiger partial charge >= 0.3 is 0 Å². The average Bonchev–Trinajstić information content (AvgIpc) is 3.12. The number of aryl methyl sites for hydroxylation is 2. The van der Waals surface area contributed by atoms with Crippen LogP contribution in [0.4, 0.5) is 0 Å². The van der Waals surface area contributed by atoms with Gasteiger partial charge in [0.2, 0.25) is 11.8 Å². The van der Waals surface area contributed by atoms with E-state index in [1.54, 1.807) is 12.1 Å². The number of likely N-dealkylation sites (tertiary alicyclic amines) is 1. The van der Waals surface area contributed by atoms with Crippen molar-refractivity contribution in [1.29, 1.82) is 0 Å². The maximum absolute atomic E-state index is 13.4. The third-order valence-electron chi connectivity index (χ3n) is 5.96. The molecule has 2 aromatic carbocycles. The molecule has 3 rings (SSSR count). The van der Waals surface area contributed by atoms with Gasteiger partial charge in [-0.3, -0.25) is 14.4 Å². The number of primary amides is 2. The number of carbonyl (C=O) groups is 3. The highest BCUT2D eigenvalue weighted by Gasteiger charge is 2.51. The highest BCUT2D eigenvalue weighted by Crippen LogP contribution is 2.34. The van der Waals surface area contributed by atoms with Crippen LogP contribution < -0.4 is 11.5 Å². The Kier molecular flexibility index (Phi) is 6.62. The Balaban J connectivity index is 1.97. The van der Waals surface area contributed by atoms with Gasteiger partial charge in [0, 0.05) is 18.4 Å². The van der Waals surface area contributed by atoms with Crippen LogP contribution in [-0.4, -0.2) is 47.5 Å². The zero-order valence-electron chi connectivity index (χ0n) is 18.6. The molecule has 0 bridgehead atoms. The normalized spacial score (nSPS) is 19.2. The number of nitrogens with zero attached hydrogens (tertiary/aromatic N) is 2. The van der Waals surface area contributed by atoms with Crippen LogP contribution in [0.15, 0.2) is 47.6 Å². The number of carbonyl (C=O) groups excluding carboxylic acids is 3. The lowest BCUT2D eigenvalue weighted by Gasteiger charge is -2.35. The van der Waals surface area contributed by atoms with Gasteiger partial charge in [-0.1, -0.05) is 35.5 Å². The monoisotopic (exact) mass is 436 g/mol. The molecule has 1 fully saturated rings. The first-order valence-electron chi connectivity index (χ1n) is 10.4. The molecule has 0 aliphatic carbocycles. The van der Waals surface area contributed by atoms with Crippen molar-refractivity contribution in [1.82, 2.24) is 4.90 Å². The van der Waals surface area contributed by atoms with Gasteiger partial charge in [-0.2, -0.15) is 0 Å². The minimum Gasteiger partial charge on any atom is -0.399 e. The number of nitrogens with two attached hydrogens (primary N) is 2. The minimum absolute atomic E-state index is 0.0205. The molecule has 3 amide bonds. The first kappa shape index (κ1) is 23.0. The van der Waals surface area contributed by atoms with Gasteiger partial charge < -0.3 is 21.2 Å². The zero-order valence-corrected chi connectivity index (χ0v) is 18.6. The molecule has 4 N–H and O–H groups in total. The molecule has 8 heteroatoms. The number of benzene rings is 2. The fourth-order valence-corrected chi connectivity index (χ4v) is 4.38. The van der Waals surface area contributed by atoms with E-state index in [4.69, 9.17) is 16.3 Å². The van der Waals surface area contributed by atoms with Crippen LogP contribution in [0.2, 0.25) is 0 Å². The lowest BCUT2D eigenvalue weighted by atomic mass is 9.88. The van der Waals surface area contributed by atoms with E-state index in [2.05, 4.69) is 5.16 Å². The molecule has 1 heterocycles. The molecule has 32 heavy (non-hydrogen) atoms. The fourth-order valence-electron chi connectivity index (χ4n) is 4.38. The minimum atomic E-state index is -1.39. The smallest absolute Gasteiger partial charge is 0.255 e. The van der Waals surface area contributed by atoms with Crippen molar-refractivity contribution in [2.24, 2.45) is 16.6 Å². The lowest BCUT2D eigenvalue weighted by Crippen LogP contribution is -2.56. The SMILES string of the molecule is CON=C1CN(C(=O)c2ccc(-c3c(C)cccc3C)cc2)C(CCC(N)=O)(C(N)=O)C1. The molecule has 1 unspecified atom stereocenters. The molecule has 1 atom stereocenters. The number of rotatable bonds is 7. The second kappa shape index (κ2) is 9.21. The summed E-state index contributed by atoms with van der Waals surface area (Å²) in [5.41, 5.74) is 14.9. The summed E-state index contributed by atoms with van der Waals surface area (Å²) in [5, 5.41) is 3.93. The molecule has 0 spiro atoms. The second-order valence-electron chi connectivity index (χ2n) is 8.11. The van der Waals surface area contributed by atoms with Crippen molar-refractivity contribution < 1.29 is 19.2 Å². The predicted octanol–water partition coefficient (Wildman–Crippen LogP) is 2.31. The van der Waals surface area contributed by atoms with Gasteiger partial charge in [-0.05, 0) is 54.7 Å². The van der Waals surface area contributed by atoms with Crippen molar-refractivity contribution in [3.63, 3.8) is 0 Å². The van der Waals surface area contributed by atoms with E-state index >= 15 is 0 Å². The number of oxime groups is 1. The Hall–Kier alpha value is -3.68. The molecular weight excluding hydrogens is 408 g/mol. The lowest BCUT2D eigenvalue weighted by molar-refractivity contribution is -0.128. The molecule has 0 aromatic heterocycles. The molecule has 8 nitrogen and oxygen atoms in total. The molecule has 0 radical (unpaired) electrons.